The zero-order valence-electron chi connectivity index (χ0n) is 13.7. The van der Waals surface area contributed by atoms with Crippen LogP contribution < -0.4 is 10.6 Å². The molecule has 0 amide bonds. The molecule has 1 heterocycles. The quantitative estimate of drug-likeness (QED) is 0.652. The van der Waals surface area contributed by atoms with Crippen LogP contribution in [0.5, 0.6) is 0 Å². The summed E-state index contributed by atoms with van der Waals surface area (Å²) in [6.45, 7) is 5.10. The molecule has 2 N–H and O–H groups in total. The highest BCUT2D eigenvalue weighted by molar-refractivity contribution is 6.28. The van der Waals surface area contributed by atoms with Crippen LogP contribution in [0.3, 0.4) is 0 Å². The topological polar surface area (TPSA) is 62.7 Å². The van der Waals surface area contributed by atoms with Gasteiger partial charge in [0.05, 0.1) is 6.04 Å². The molecule has 0 aliphatic rings. The first-order valence-electron chi connectivity index (χ1n) is 8.16. The van der Waals surface area contributed by atoms with Crippen molar-refractivity contribution in [2.45, 2.75) is 45.6 Å². The lowest BCUT2D eigenvalue weighted by atomic mass is 10.1. The minimum absolute atomic E-state index is 0.0899. The summed E-state index contributed by atoms with van der Waals surface area (Å²) in [7, 11) is 0. The molecule has 0 aliphatic heterocycles. The third-order valence-electron chi connectivity index (χ3n) is 3.57. The van der Waals surface area contributed by atoms with Gasteiger partial charge in [-0.05, 0) is 30.5 Å². The van der Waals surface area contributed by atoms with Crippen LogP contribution in [-0.4, -0.2) is 21.5 Å². The van der Waals surface area contributed by atoms with Crippen molar-refractivity contribution >= 4 is 23.5 Å². The van der Waals surface area contributed by atoms with Gasteiger partial charge in [0, 0.05) is 6.54 Å². The van der Waals surface area contributed by atoms with Gasteiger partial charge in [0.2, 0.25) is 17.2 Å². The number of nitrogens with zero attached hydrogens (tertiary/aromatic N) is 3. The molecule has 124 valence electrons. The highest BCUT2D eigenvalue weighted by atomic mass is 35.5. The summed E-state index contributed by atoms with van der Waals surface area (Å²) in [5.41, 5.74) is 1.16. The van der Waals surface area contributed by atoms with Crippen molar-refractivity contribution in [1.29, 1.82) is 0 Å². The van der Waals surface area contributed by atoms with Gasteiger partial charge < -0.3 is 10.6 Å². The molecule has 23 heavy (non-hydrogen) atoms. The average Bonchev–Trinajstić information content (AvgIpc) is 2.55. The molecule has 2 aromatic rings. The molecule has 0 spiro atoms. The van der Waals surface area contributed by atoms with E-state index in [4.69, 9.17) is 11.6 Å². The first-order chi connectivity index (χ1) is 11.2. The van der Waals surface area contributed by atoms with E-state index in [-0.39, 0.29) is 11.3 Å². The normalized spacial score (nSPS) is 12.0. The number of unbranched alkanes of at least 4 members (excludes halogenated alkanes) is 3. The largest absolute Gasteiger partial charge is 0.354 e. The van der Waals surface area contributed by atoms with Crippen LogP contribution in [0.15, 0.2) is 30.3 Å². The molecule has 0 fully saturated rings. The van der Waals surface area contributed by atoms with E-state index in [1.54, 1.807) is 0 Å². The zero-order chi connectivity index (χ0) is 16.5. The van der Waals surface area contributed by atoms with E-state index in [0.29, 0.717) is 11.9 Å². The Kier molecular flexibility index (Phi) is 7.07. The van der Waals surface area contributed by atoms with Crippen molar-refractivity contribution in [3.63, 3.8) is 0 Å². The molecule has 0 saturated heterocycles. The van der Waals surface area contributed by atoms with Crippen LogP contribution in [0.4, 0.5) is 11.9 Å². The van der Waals surface area contributed by atoms with E-state index >= 15 is 0 Å². The Bertz CT molecular complexity index is 591. The number of rotatable bonds is 9. The average molecular weight is 334 g/mol. The van der Waals surface area contributed by atoms with Crippen molar-refractivity contribution in [3.05, 3.63) is 41.2 Å². The molecule has 0 bridgehead atoms. The van der Waals surface area contributed by atoms with Gasteiger partial charge in [-0.1, -0.05) is 56.5 Å². The lowest BCUT2D eigenvalue weighted by Crippen LogP contribution is -2.12. The van der Waals surface area contributed by atoms with E-state index in [9.17, 15) is 0 Å². The first kappa shape index (κ1) is 17.5. The second kappa shape index (κ2) is 9.30. The second-order valence-corrected chi connectivity index (χ2v) is 5.85. The summed E-state index contributed by atoms with van der Waals surface area (Å²) < 4.78 is 0. The molecule has 5 nitrogen and oxygen atoms in total. The summed E-state index contributed by atoms with van der Waals surface area (Å²) in [6, 6.07) is 10.2. The fourth-order valence-corrected chi connectivity index (χ4v) is 2.42. The molecule has 1 aromatic carbocycles. The van der Waals surface area contributed by atoms with E-state index in [1.807, 2.05) is 18.2 Å². The SMILES string of the molecule is CCCCCCNc1nc(Cl)nc(N[C@@H](C)c2ccccc2)n1. The number of anilines is 2. The van der Waals surface area contributed by atoms with Crippen LogP contribution in [0.25, 0.3) is 0 Å². The molecule has 0 saturated carbocycles. The minimum Gasteiger partial charge on any atom is -0.354 e. The van der Waals surface area contributed by atoms with Crippen molar-refractivity contribution < 1.29 is 0 Å². The molecule has 1 aromatic heterocycles. The fourth-order valence-electron chi connectivity index (χ4n) is 2.26. The van der Waals surface area contributed by atoms with Gasteiger partial charge >= 0.3 is 0 Å². The van der Waals surface area contributed by atoms with Gasteiger partial charge in [0.15, 0.2) is 0 Å². The van der Waals surface area contributed by atoms with Gasteiger partial charge in [0.25, 0.3) is 0 Å². The number of nitrogens with one attached hydrogen (secondary N) is 2. The third-order valence-corrected chi connectivity index (χ3v) is 3.74. The monoisotopic (exact) mass is 333 g/mol. The third kappa shape index (κ3) is 6.02. The Balaban J connectivity index is 1.94. The number of aromatic nitrogens is 3. The molecular weight excluding hydrogens is 310 g/mol. The summed E-state index contributed by atoms with van der Waals surface area (Å²) >= 11 is 6.00. The Labute approximate surface area is 142 Å². The lowest BCUT2D eigenvalue weighted by Gasteiger charge is -2.14. The highest BCUT2D eigenvalue weighted by Gasteiger charge is 2.09. The van der Waals surface area contributed by atoms with Crippen molar-refractivity contribution in [1.82, 2.24) is 15.0 Å². The van der Waals surface area contributed by atoms with E-state index < -0.39 is 0 Å². The molecule has 0 radical (unpaired) electrons. The van der Waals surface area contributed by atoms with Gasteiger partial charge in [-0.15, -0.1) is 0 Å². The highest BCUT2D eigenvalue weighted by Crippen LogP contribution is 2.18. The van der Waals surface area contributed by atoms with Crippen molar-refractivity contribution in [3.8, 4) is 0 Å². The predicted octanol–water partition coefficient (Wildman–Crippen LogP) is 4.69. The fraction of sp³-hybridized carbons (Fsp3) is 0.471. The summed E-state index contributed by atoms with van der Waals surface area (Å²) in [4.78, 5) is 12.7. The maximum absolute atomic E-state index is 6.00. The Hall–Kier alpha value is -1.88. The second-order valence-electron chi connectivity index (χ2n) is 5.52. The predicted molar refractivity (Wildman–Crippen MR) is 95.9 cm³/mol. The van der Waals surface area contributed by atoms with Gasteiger partial charge in [-0.25, -0.2) is 0 Å². The molecule has 0 aliphatic carbocycles. The van der Waals surface area contributed by atoms with Gasteiger partial charge in [-0.2, -0.15) is 15.0 Å². The van der Waals surface area contributed by atoms with Gasteiger partial charge in [-0.3, -0.25) is 0 Å². The maximum Gasteiger partial charge on any atom is 0.229 e. The van der Waals surface area contributed by atoms with Crippen LogP contribution >= 0.6 is 11.6 Å². The first-order valence-corrected chi connectivity index (χ1v) is 8.53. The van der Waals surface area contributed by atoms with Crippen LogP contribution in [0, 0.1) is 0 Å². The minimum atomic E-state index is 0.0899. The lowest BCUT2D eigenvalue weighted by molar-refractivity contribution is 0.683. The maximum atomic E-state index is 6.00. The van der Waals surface area contributed by atoms with Crippen LogP contribution in [-0.2, 0) is 0 Å². The summed E-state index contributed by atoms with van der Waals surface area (Å²) in [6.07, 6.45) is 4.78. The number of hydrogen-bond acceptors (Lipinski definition) is 5. The number of benzene rings is 1. The van der Waals surface area contributed by atoms with Crippen LogP contribution in [0.2, 0.25) is 5.28 Å². The standard InChI is InChI=1S/C17H24ClN5/c1-3-4-5-9-12-19-16-21-15(18)22-17(23-16)20-13(2)14-10-7-6-8-11-14/h6-8,10-11,13H,3-5,9,12H2,1-2H3,(H2,19,20,21,22,23)/t13-/m0/s1. The van der Waals surface area contributed by atoms with E-state index in [0.717, 1.165) is 18.5 Å². The number of hydrogen-bond donors (Lipinski definition) is 2. The van der Waals surface area contributed by atoms with E-state index in [2.05, 4.69) is 51.6 Å². The Morgan fingerprint density at radius 1 is 1.00 bits per heavy atom. The van der Waals surface area contributed by atoms with Crippen molar-refractivity contribution in [2.75, 3.05) is 17.2 Å². The molecule has 2 rings (SSSR count). The Morgan fingerprint density at radius 3 is 2.48 bits per heavy atom. The summed E-state index contributed by atoms with van der Waals surface area (Å²) in [5.74, 6) is 1.00. The molecular formula is C17H24ClN5. The van der Waals surface area contributed by atoms with Gasteiger partial charge in [0.1, 0.15) is 0 Å². The zero-order valence-corrected chi connectivity index (χ0v) is 14.5. The summed E-state index contributed by atoms with van der Waals surface area (Å²) in [5, 5.41) is 6.67. The molecule has 0 unspecified atom stereocenters. The number of halogens is 1. The van der Waals surface area contributed by atoms with E-state index in [1.165, 1.54) is 19.3 Å². The Morgan fingerprint density at radius 2 is 1.74 bits per heavy atom. The van der Waals surface area contributed by atoms with Crippen LogP contribution in [0.1, 0.15) is 51.1 Å². The molecule has 6 heteroatoms. The molecule has 1 atom stereocenters. The van der Waals surface area contributed by atoms with Crippen molar-refractivity contribution in [2.24, 2.45) is 0 Å². The smallest absolute Gasteiger partial charge is 0.229 e.